The number of carbonyl (C=O) groups excluding carboxylic acids is 1. The van der Waals surface area contributed by atoms with E-state index in [1.165, 1.54) is 0 Å². The lowest BCUT2D eigenvalue weighted by Gasteiger charge is -2.27. The van der Waals surface area contributed by atoms with Crippen molar-refractivity contribution in [3.63, 3.8) is 0 Å². The van der Waals surface area contributed by atoms with Crippen LogP contribution < -0.4 is 5.11 Å². The Hall–Kier alpha value is -0.980. The van der Waals surface area contributed by atoms with Crippen molar-refractivity contribution in [2.24, 2.45) is 0 Å². The number of amides is 1. The first kappa shape index (κ1) is 11.5. The Morgan fingerprint density at radius 3 is 3.00 bits per heavy atom. The topological polar surface area (TPSA) is 73.2 Å². The monoisotopic (exact) mass is 242 g/mol. The molecule has 0 aliphatic carbocycles. The molecular formula is C10H14N2O3S. The predicted octanol–water partition coefficient (Wildman–Crippen LogP) is 0.960. The van der Waals surface area contributed by atoms with Crippen molar-refractivity contribution in [1.29, 1.82) is 0 Å². The van der Waals surface area contributed by atoms with E-state index in [1.54, 1.807) is 17.5 Å². The fraction of sp³-hybridized carbons (Fsp3) is 0.600. The first-order chi connectivity index (χ1) is 7.62. The second kappa shape index (κ2) is 4.48. The minimum absolute atomic E-state index is 0.201. The van der Waals surface area contributed by atoms with Gasteiger partial charge in [0.1, 0.15) is 13.1 Å². The van der Waals surface area contributed by atoms with E-state index in [2.05, 4.69) is 4.98 Å². The maximum atomic E-state index is 10.8. The van der Waals surface area contributed by atoms with E-state index in [9.17, 15) is 15.1 Å². The smallest absolute Gasteiger partial charge is 0.291 e. The van der Waals surface area contributed by atoms with Gasteiger partial charge in [-0.05, 0) is 6.42 Å². The van der Waals surface area contributed by atoms with E-state index in [4.69, 9.17) is 0 Å². The van der Waals surface area contributed by atoms with Gasteiger partial charge >= 0.3 is 0 Å². The molecule has 2 atom stereocenters. The standard InChI is InChI=1S/C10H14N2O3S/c13-10(14)12(15)5-1-2-8(3-6-12)9-11-4-7-16-9/h4,7-8,15H,1-3,5-6H2. The zero-order valence-corrected chi connectivity index (χ0v) is 9.65. The van der Waals surface area contributed by atoms with E-state index in [0.29, 0.717) is 12.8 Å². The van der Waals surface area contributed by atoms with Crippen molar-refractivity contribution >= 4 is 17.4 Å². The predicted molar refractivity (Wildman–Crippen MR) is 55.9 cm³/mol. The van der Waals surface area contributed by atoms with Crippen molar-refractivity contribution in [3.8, 4) is 0 Å². The first-order valence-electron chi connectivity index (χ1n) is 5.32. The molecule has 16 heavy (non-hydrogen) atoms. The average Bonchev–Trinajstić information content (AvgIpc) is 2.69. The summed E-state index contributed by atoms with van der Waals surface area (Å²) in [5.41, 5.74) is 0. The maximum Gasteiger partial charge on any atom is 0.291 e. The number of likely N-dealkylation sites (tertiary alicyclic amines) is 1. The highest BCUT2D eigenvalue weighted by molar-refractivity contribution is 7.09. The summed E-state index contributed by atoms with van der Waals surface area (Å²) in [6.07, 6.45) is 2.54. The molecule has 1 aromatic rings. The Kier molecular flexibility index (Phi) is 3.22. The van der Waals surface area contributed by atoms with Gasteiger partial charge in [-0.15, -0.1) is 16.0 Å². The lowest BCUT2D eigenvalue weighted by molar-refractivity contribution is -1.05. The fourth-order valence-corrected chi connectivity index (χ4v) is 2.90. The molecule has 88 valence electrons. The molecule has 0 spiro atoms. The van der Waals surface area contributed by atoms with Gasteiger partial charge in [0.15, 0.2) is 0 Å². The second-order valence-electron chi connectivity index (χ2n) is 4.13. The number of carboxylic acid groups (broad SMARTS) is 1. The van der Waals surface area contributed by atoms with Crippen molar-refractivity contribution in [1.82, 2.24) is 4.98 Å². The lowest BCUT2D eigenvalue weighted by atomic mass is 10.0. The highest BCUT2D eigenvalue weighted by Gasteiger charge is 2.33. The Labute approximate surface area is 97.5 Å². The van der Waals surface area contributed by atoms with Crippen LogP contribution in [0.3, 0.4) is 0 Å². The highest BCUT2D eigenvalue weighted by atomic mass is 32.1. The Bertz CT molecular complexity index is 368. The van der Waals surface area contributed by atoms with Gasteiger partial charge in [0, 0.05) is 30.3 Å². The summed E-state index contributed by atoms with van der Waals surface area (Å²) in [6.45, 7) is 0.427. The molecular weight excluding hydrogens is 228 g/mol. The van der Waals surface area contributed by atoms with E-state index >= 15 is 0 Å². The molecule has 1 aromatic heterocycles. The molecule has 2 heterocycles. The summed E-state index contributed by atoms with van der Waals surface area (Å²) in [7, 11) is 0. The van der Waals surface area contributed by atoms with Crippen LogP contribution in [0.15, 0.2) is 11.6 Å². The van der Waals surface area contributed by atoms with E-state index in [-0.39, 0.29) is 19.0 Å². The minimum atomic E-state index is -1.40. The van der Waals surface area contributed by atoms with Crippen LogP contribution in [0.1, 0.15) is 30.2 Å². The van der Waals surface area contributed by atoms with Crippen molar-refractivity contribution in [2.75, 3.05) is 13.1 Å². The molecule has 0 bridgehead atoms. The minimum Gasteiger partial charge on any atom is -0.496 e. The number of aromatic nitrogens is 1. The lowest BCUT2D eigenvalue weighted by Crippen LogP contribution is -2.56. The third-order valence-corrected chi connectivity index (χ3v) is 4.01. The number of hydroxylamine groups is 3. The summed E-state index contributed by atoms with van der Waals surface area (Å²) in [6, 6.07) is 0. The van der Waals surface area contributed by atoms with Gasteiger partial charge in [-0.25, -0.2) is 10.2 Å². The summed E-state index contributed by atoms with van der Waals surface area (Å²) >= 11 is 1.58. The van der Waals surface area contributed by atoms with Crippen LogP contribution in [0.25, 0.3) is 0 Å². The number of carbonyl (C=O) groups is 1. The molecule has 0 saturated carbocycles. The number of rotatable bonds is 1. The molecule has 1 fully saturated rings. The van der Waals surface area contributed by atoms with Crippen molar-refractivity contribution < 1.29 is 19.8 Å². The molecule has 1 aliphatic heterocycles. The van der Waals surface area contributed by atoms with Gasteiger partial charge < -0.3 is 9.90 Å². The van der Waals surface area contributed by atoms with Gasteiger partial charge in [0.2, 0.25) is 0 Å². The molecule has 2 unspecified atom stereocenters. The zero-order chi connectivity index (χ0) is 11.6. The van der Waals surface area contributed by atoms with Gasteiger partial charge in [0.25, 0.3) is 6.09 Å². The fourth-order valence-electron chi connectivity index (χ4n) is 2.09. The van der Waals surface area contributed by atoms with E-state index in [0.717, 1.165) is 11.4 Å². The molecule has 1 N–H and O–H groups in total. The molecule has 1 aliphatic rings. The van der Waals surface area contributed by atoms with E-state index in [1.807, 2.05) is 5.38 Å². The molecule has 1 amide bonds. The summed E-state index contributed by atoms with van der Waals surface area (Å²) in [5.74, 6) is 0.270. The number of quaternary nitrogens is 1. The number of nitrogens with zero attached hydrogens (tertiary/aromatic N) is 2. The highest BCUT2D eigenvalue weighted by Crippen LogP contribution is 2.30. The quantitative estimate of drug-likeness (QED) is 0.588. The summed E-state index contributed by atoms with van der Waals surface area (Å²) in [5, 5.41) is 23.6. The van der Waals surface area contributed by atoms with Crippen molar-refractivity contribution in [2.45, 2.75) is 25.2 Å². The van der Waals surface area contributed by atoms with Gasteiger partial charge in [-0.2, -0.15) is 0 Å². The zero-order valence-electron chi connectivity index (χ0n) is 8.83. The van der Waals surface area contributed by atoms with Crippen LogP contribution in [0.2, 0.25) is 0 Å². The first-order valence-corrected chi connectivity index (χ1v) is 6.20. The summed E-state index contributed by atoms with van der Waals surface area (Å²) < 4.78 is -0.956. The molecule has 0 aromatic carbocycles. The maximum absolute atomic E-state index is 10.8. The van der Waals surface area contributed by atoms with Crippen LogP contribution in [0.4, 0.5) is 4.79 Å². The average molecular weight is 242 g/mol. The normalized spacial score (nSPS) is 30.9. The SMILES string of the molecule is O=C([O-])[N+]1(O)CCCC(c2nccs2)CC1. The third-order valence-electron chi connectivity index (χ3n) is 3.07. The van der Waals surface area contributed by atoms with Crippen molar-refractivity contribution in [3.05, 3.63) is 16.6 Å². The third kappa shape index (κ3) is 2.23. The number of hydrogen-bond acceptors (Lipinski definition) is 5. The molecule has 5 nitrogen and oxygen atoms in total. The number of thiazole rings is 1. The van der Waals surface area contributed by atoms with Gasteiger partial charge in [-0.3, -0.25) is 0 Å². The largest absolute Gasteiger partial charge is 0.496 e. The van der Waals surface area contributed by atoms with Crippen LogP contribution in [0, 0.1) is 0 Å². The molecule has 6 heteroatoms. The molecule has 1 saturated heterocycles. The van der Waals surface area contributed by atoms with Crippen LogP contribution >= 0.6 is 11.3 Å². The molecule has 0 radical (unpaired) electrons. The van der Waals surface area contributed by atoms with Gasteiger partial charge in [0.05, 0.1) is 5.01 Å². The van der Waals surface area contributed by atoms with Crippen LogP contribution in [0.5, 0.6) is 0 Å². The molecule has 2 rings (SSSR count). The van der Waals surface area contributed by atoms with Crippen LogP contribution in [-0.4, -0.2) is 34.0 Å². The second-order valence-corrected chi connectivity index (χ2v) is 5.06. The summed E-state index contributed by atoms with van der Waals surface area (Å²) in [4.78, 5) is 15.1. The van der Waals surface area contributed by atoms with Crippen LogP contribution in [-0.2, 0) is 0 Å². The number of hydrogen-bond donors (Lipinski definition) is 1. The Morgan fingerprint density at radius 2 is 2.38 bits per heavy atom. The Morgan fingerprint density at radius 1 is 1.56 bits per heavy atom. The van der Waals surface area contributed by atoms with E-state index < -0.39 is 10.7 Å². The van der Waals surface area contributed by atoms with Gasteiger partial charge in [-0.1, -0.05) is 0 Å². The Balaban J connectivity index is 2.06.